The molecule has 89 heavy (non-hydrogen) atoms. The van der Waals surface area contributed by atoms with Crippen LogP contribution in [0.1, 0.15) is 31.9 Å². The molecular weight excluding hydrogens is 1130 g/mol. The Labute approximate surface area is 528 Å². The predicted octanol–water partition coefficient (Wildman–Crippen LogP) is 13.6. The highest BCUT2D eigenvalue weighted by atomic mass is 32.2. The van der Waals surface area contributed by atoms with Crippen molar-refractivity contribution >= 4 is 114 Å². The van der Waals surface area contributed by atoms with Gasteiger partial charge in [0.15, 0.2) is 16.1 Å². The van der Waals surface area contributed by atoms with Crippen LogP contribution in [0.2, 0.25) is 0 Å². The van der Waals surface area contributed by atoms with E-state index >= 15 is 0 Å². The van der Waals surface area contributed by atoms with Crippen LogP contribution in [0.4, 0.5) is 0 Å². The lowest BCUT2D eigenvalue weighted by atomic mass is 9.35. The Balaban J connectivity index is 1.07. The van der Waals surface area contributed by atoms with E-state index < -0.39 is 16.1 Å². The number of fused-ring (bicyclic) bond motifs is 7. The number of para-hydroxylation sites is 1. The van der Waals surface area contributed by atoms with Gasteiger partial charge in [0.2, 0.25) is 0 Å². The van der Waals surface area contributed by atoms with Crippen molar-refractivity contribution in [2.24, 2.45) is 0 Å². The summed E-state index contributed by atoms with van der Waals surface area (Å²) in [5.41, 5.74) is 14.3. The highest BCUT2D eigenvalue weighted by Crippen LogP contribution is 2.42. The number of nitrogens with zero attached hydrogens (tertiary/aromatic N) is 1. The lowest BCUT2D eigenvalue weighted by Gasteiger charge is -2.44. The highest BCUT2D eigenvalue weighted by Gasteiger charge is 2.52. The summed E-state index contributed by atoms with van der Waals surface area (Å²) in [5, 5.41) is 13.3. The molecular formula is C83H64BNOSSi2. The number of benzene rings is 13. The average molecular weight is 1190 g/mol. The predicted molar refractivity (Wildman–Crippen MR) is 384 cm³/mol. The summed E-state index contributed by atoms with van der Waals surface area (Å²) in [7, 11) is -7.00. The fourth-order valence-electron chi connectivity index (χ4n) is 14.9. The minimum absolute atomic E-state index is 0.152. The van der Waals surface area contributed by atoms with Gasteiger partial charge in [-0.25, -0.2) is 0 Å². The fourth-order valence-corrected chi connectivity index (χ4v) is 27.1. The molecule has 16 rings (SSSR count). The van der Waals surface area contributed by atoms with E-state index in [0.29, 0.717) is 0 Å². The number of hydrogen-bond donors (Lipinski definition) is 0. The second-order valence-corrected chi connectivity index (χ2v) is 33.8. The van der Waals surface area contributed by atoms with E-state index in [-0.39, 0.29) is 12.1 Å². The van der Waals surface area contributed by atoms with Gasteiger partial charge in [-0.15, -0.1) is 0 Å². The molecule has 0 amide bonds. The maximum atomic E-state index is 7.51. The third-order valence-electron chi connectivity index (χ3n) is 19.0. The Hall–Kier alpha value is -9.69. The normalized spacial score (nSPS) is 12.7. The summed E-state index contributed by atoms with van der Waals surface area (Å²) in [5.74, 6) is 1.82. The largest absolute Gasteiger partial charge is 0.458 e. The Bertz CT molecular complexity index is 4930. The summed E-state index contributed by atoms with van der Waals surface area (Å²) >= 11 is 1.94. The molecule has 2 aliphatic rings. The van der Waals surface area contributed by atoms with Crippen LogP contribution in [-0.2, 0) is 5.41 Å². The third-order valence-corrected chi connectivity index (χ3v) is 30.0. The molecule has 6 heteroatoms. The molecule has 3 heterocycles. The lowest BCUT2D eigenvalue weighted by Crippen LogP contribution is -2.85. The van der Waals surface area contributed by atoms with Gasteiger partial charge in [0, 0.05) is 32.3 Å². The maximum absolute atomic E-state index is 7.51. The van der Waals surface area contributed by atoms with Crippen molar-refractivity contribution in [2.75, 3.05) is 0 Å². The van der Waals surface area contributed by atoms with E-state index in [1.165, 1.54) is 123 Å². The first-order chi connectivity index (χ1) is 43.7. The zero-order chi connectivity index (χ0) is 59.8. The zero-order valence-corrected chi connectivity index (χ0v) is 53.2. The molecule has 0 N–H and O–H groups in total. The van der Waals surface area contributed by atoms with Crippen LogP contribution in [0.15, 0.2) is 325 Å². The molecule has 0 atom stereocenters. The van der Waals surface area contributed by atoms with Crippen LogP contribution in [0.5, 0.6) is 11.5 Å². The second kappa shape index (κ2) is 21.9. The smallest absolute Gasteiger partial charge is 0.253 e. The number of aromatic nitrogens is 1. The Morgan fingerprint density at radius 3 is 1.37 bits per heavy atom. The van der Waals surface area contributed by atoms with Crippen LogP contribution >= 0.6 is 11.8 Å². The van der Waals surface area contributed by atoms with Crippen molar-refractivity contribution in [3.05, 3.63) is 327 Å². The van der Waals surface area contributed by atoms with E-state index in [1.54, 1.807) is 0 Å². The molecule has 2 aliphatic heterocycles. The molecule has 0 aliphatic carbocycles. The van der Waals surface area contributed by atoms with Crippen LogP contribution < -0.4 is 62.6 Å². The third kappa shape index (κ3) is 8.98. The topological polar surface area (TPSA) is 14.2 Å². The maximum Gasteiger partial charge on any atom is 0.253 e. The molecule has 2 nitrogen and oxygen atoms in total. The average Bonchev–Trinajstić information content (AvgIpc) is 2.21. The SMILES string of the molecule is Cc1ccc2c(c1)c1ccccc1n2-c1ccc2c(c1)Oc1cc(C(C)(C)C)cc3c1B2c1cc([Si](c2ccccc2)(c2ccccc2)c2cccc(-c4ccccc4)c2)c([Si](c2ccccc2)(c2ccccc2)c2cccc(-c4ccccc4)c2)cc1S3. The lowest BCUT2D eigenvalue weighted by molar-refractivity contribution is 0.481. The number of aryl methyl sites for hydroxylation is 1. The summed E-state index contributed by atoms with van der Waals surface area (Å²) in [6, 6.07) is 121. The first-order valence-electron chi connectivity index (χ1n) is 31.1. The Morgan fingerprint density at radius 1 is 0.360 bits per heavy atom. The monoisotopic (exact) mass is 1190 g/mol. The summed E-state index contributed by atoms with van der Waals surface area (Å²) in [6.45, 7) is 9.02. The number of ether oxygens (including phenoxy) is 1. The van der Waals surface area contributed by atoms with Crippen molar-refractivity contribution in [1.29, 1.82) is 0 Å². The standard InChI is InChI=1S/C83H64BNOSSi2/c1-57-45-48-75-71(49-57)70-43-23-24-44-74(70)85(75)63-46-47-72-76(54-63)86-77-52-62(83(2,3)4)53-79-82(77)84(72)73-55-80(88(64-33-15-7-16-34-64,65-35-17-8-18-36-65)68-41-25-31-60(50-68)58-27-11-5-12-28-58)81(56-78(73)87-79)89(66-37-19-9-20-38-66,67-39-21-10-22-40-67)69-42-26-32-61(51-69)59-29-13-6-14-30-59/h5-56H,1-4H3. The van der Waals surface area contributed by atoms with Crippen molar-refractivity contribution in [1.82, 2.24) is 4.57 Å². The van der Waals surface area contributed by atoms with E-state index in [4.69, 9.17) is 4.74 Å². The number of rotatable bonds is 11. The van der Waals surface area contributed by atoms with Gasteiger partial charge in [-0.05, 0) is 135 Å². The van der Waals surface area contributed by atoms with E-state index in [0.717, 1.165) is 17.2 Å². The van der Waals surface area contributed by atoms with Gasteiger partial charge in [-0.3, -0.25) is 0 Å². The van der Waals surface area contributed by atoms with E-state index in [9.17, 15) is 0 Å². The highest BCUT2D eigenvalue weighted by molar-refractivity contribution is 8.00. The van der Waals surface area contributed by atoms with Gasteiger partial charge < -0.3 is 9.30 Å². The van der Waals surface area contributed by atoms with Crippen molar-refractivity contribution in [3.8, 4) is 39.4 Å². The van der Waals surface area contributed by atoms with Crippen LogP contribution in [0.3, 0.4) is 0 Å². The minimum Gasteiger partial charge on any atom is -0.458 e. The fraction of sp³-hybridized carbons (Fsp3) is 0.0602. The van der Waals surface area contributed by atoms with Crippen molar-refractivity contribution in [3.63, 3.8) is 0 Å². The summed E-state index contributed by atoms with van der Waals surface area (Å²) < 4.78 is 9.94. The van der Waals surface area contributed by atoms with Crippen molar-refractivity contribution < 1.29 is 4.74 Å². The molecule has 0 fully saturated rings. The minimum atomic E-state index is -3.52. The quantitative estimate of drug-likeness (QED) is 0.0946. The van der Waals surface area contributed by atoms with Gasteiger partial charge in [0.05, 0.1) is 11.0 Å². The molecule has 13 aromatic carbocycles. The summed E-state index contributed by atoms with van der Waals surface area (Å²) in [6.07, 6.45) is 0. The number of hydrogen-bond acceptors (Lipinski definition) is 2. The molecule has 424 valence electrons. The van der Waals surface area contributed by atoms with Crippen LogP contribution in [-0.4, -0.2) is 27.4 Å². The van der Waals surface area contributed by atoms with Gasteiger partial charge in [0.1, 0.15) is 11.5 Å². The van der Waals surface area contributed by atoms with Crippen molar-refractivity contribution in [2.45, 2.75) is 42.9 Å². The van der Waals surface area contributed by atoms with Gasteiger partial charge >= 0.3 is 0 Å². The van der Waals surface area contributed by atoms with Gasteiger partial charge in [-0.2, -0.15) is 0 Å². The van der Waals surface area contributed by atoms with Crippen LogP contribution in [0.25, 0.3) is 49.7 Å². The summed E-state index contributed by atoms with van der Waals surface area (Å²) in [4.78, 5) is 2.53. The van der Waals surface area contributed by atoms with Gasteiger partial charge in [0.25, 0.3) is 6.71 Å². The van der Waals surface area contributed by atoms with E-state index in [1.807, 2.05) is 11.8 Å². The Kier molecular flexibility index (Phi) is 13.4. The molecule has 0 spiro atoms. The molecule has 0 saturated carbocycles. The molecule has 0 bridgehead atoms. The Morgan fingerprint density at radius 2 is 0.831 bits per heavy atom. The second-order valence-electron chi connectivity index (χ2n) is 25.2. The first kappa shape index (κ1) is 54.7. The van der Waals surface area contributed by atoms with E-state index in [2.05, 4.69) is 348 Å². The molecule has 0 unspecified atom stereocenters. The zero-order valence-electron chi connectivity index (χ0n) is 50.4. The molecule has 0 saturated heterocycles. The molecule has 14 aromatic rings. The van der Waals surface area contributed by atoms with Crippen LogP contribution in [0, 0.1) is 6.92 Å². The van der Waals surface area contributed by atoms with Gasteiger partial charge in [-0.1, -0.05) is 310 Å². The molecule has 0 radical (unpaired) electrons. The molecule has 1 aromatic heterocycles. The first-order valence-corrected chi connectivity index (χ1v) is 35.9.